The van der Waals surface area contributed by atoms with Crippen molar-refractivity contribution in [1.29, 1.82) is 10.5 Å². The Hall–Kier alpha value is -4.36. The topological polar surface area (TPSA) is 102 Å². The highest BCUT2D eigenvalue weighted by Gasteiger charge is 2.17. The van der Waals surface area contributed by atoms with E-state index in [1.54, 1.807) is 18.2 Å². The van der Waals surface area contributed by atoms with Crippen molar-refractivity contribution in [2.75, 3.05) is 16.9 Å². The molecule has 0 aliphatic rings. The summed E-state index contributed by atoms with van der Waals surface area (Å²) < 4.78 is 5.74. The number of hydrogen-bond acceptors (Lipinski definition) is 6. The van der Waals surface area contributed by atoms with Crippen molar-refractivity contribution < 1.29 is 9.53 Å². The van der Waals surface area contributed by atoms with Crippen LogP contribution < -0.4 is 10.2 Å². The summed E-state index contributed by atoms with van der Waals surface area (Å²) in [5, 5.41) is 21.6. The first-order valence-corrected chi connectivity index (χ1v) is 15.9. The summed E-state index contributed by atoms with van der Waals surface area (Å²) in [5.41, 5.74) is 5.32. The van der Waals surface area contributed by atoms with Crippen LogP contribution in [0.4, 0.5) is 11.4 Å². The molecule has 1 N–H and O–H groups in total. The van der Waals surface area contributed by atoms with Gasteiger partial charge in [-0.25, -0.2) is 4.99 Å². The van der Waals surface area contributed by atoms with E-state index in [4.69, 9.17) is 15.0 Å². The van der Waals surface area contributed by atoms with Crippen molar-refractivity contribution >= 4 is 29.3 Å². The maximum atomic E-state index is 12.7. The number of rotatable bonds is 18. The third kappa shape index (κ3) is 12.9. The Kier molecular flexibility index (Phi) is 16.7. The van der Waals surface area contributed by atoms with Crippen LogP contribution in [-0.2, 0) is 9.53 Å². The summed E-state index contributed by atoms with van der Waals surface area (Å²) in [6, 6.07) is 15.4. The van der Waals surface area contributed by atoms with E-state index in [1.807, 2.05) is 75.1 Å². The highest BCUT2D eigenvalue weighted by molar-refractivity contribution is 6.04. The number of unbranched alkanes of at least 4 members (excludes halogenated alkanes) is 8. The molecule has 1 atom stereocenters. The minimum Gasteiger partial charge on any atom is -0.444 e. The molecule has 1 unspecified atom stereocenters. The van der Waals surface area contributed by atoms with E-state index in [0.717, 1.165) is 47.3 Å². The lowest BCUT2D eigenvalue weighted by atomic mass is 10.0. The van der Waals surface area contributed by atoms with Gasteiger partial charge in [0.05, 0.1) is 17.7 Å². The minimum absolute atomic E-state index is 0.0495. The molecule has 234 valence electrons. The zero-order valence-corrected chi connectivity index (χ0v) is 27.2. The SMILES string of the molecule is C/C=C\C(=N/C(C)N(COC(=O)CCCCCCCCCCC)c1ccc(C#N)cc1)Nc1c(C)cc(/C=C/C#N)cc1C. The lowest BCUT2D eigenvalue weighted by molar-refractivity contribution is -0.143. The molecule has 0 heterocycles. The van der Waals surface area contributed by atoms with E-state index in [1.165, 1.54) is 44.6 Å². The van der Waals surface area contributed by atoms with Crippen LogP contribution in [0.5, 0.6) is 0 Å². The first kappa shape index (κ1) is 35.8. The Bertz CT molecular complexity index is 1320. The molecule has 7 heteroatoms. The van der Waals surface area contributed by atoms with Gasteiger partial charge in [-0.1, -0.05) is 64.4 Å². The van der Waals surface area contributed by atoms with Crippen molar-refractivity contribution in [1.82, 2.24) is 0 Å². The number of hydrogen-bond donors (Lipinski definition) is 1. The summed E-state index contributed by atoms with van der Waals surface area (Å²) in [6.07, 6.45) is 17.8. The fourth-order valence-electron chi connectivity index (χ4n) is 5.02. The van der Waals surface area contributed by atoms with Crippen LogP contribution in [0.25, 0.3) is 6.08 Å². The summed E-state index contributed by atoms with van der Waals surface area (Å²) in [4.78, 5) is 19.5. The number of allylic oxidation sites excluding steroid dienone is 2. The first-order chi connectivity index (χ1) is 21.3. The molecule has 0 fully saturated rings. The fraction of sp³-hybridized carbons (Fsp3) is 0.459. The van der Waals surface area contributed by atoms with Crippen LogP contribution in [0.3, 0.4) is 0 Å². The number of nitrogens with zero attached hydrogens (tertiary/aromatic N) is 4. The predicted octanol–water partition coefficient (Wildman–Crippen LogP) is 9.37. The predicted molar refractivity (Wildman–Crippen MR) is 182 cm³/mol. The normalized spacial score (nSPS) is 12.2. The number of benzene rings is 2. The number of esters is 1. The standard InChI is InChI=1S/C37H49N5O2/c1-6-8-9-10-11-12-13-14-15-19-36(43)44-28-42(34-22-20-32(27-39)21-23-34)31(5)40-35(17-7-2)41-37-29(3)25-33(18-16-24-38)26-30(37)4/h7,16-18,20-23,25-26,31H,6,8-15,19,28H2,1-5H3,(H,40,41)/b17-7-,18-16+. The zero-order chi connectivity index (χ0) is 32.2. The average molecular weight is 596 g/mol. The lowest BCUT2D eigenvalue weighted by Gasteiger charge is -2.29. The molecule has 2 aromatic rings. The molecule has 2 rings (SSSR count). The van der Waals surface area contributed by atoms with Gasteiger partial charge >= 0.3 is 5.97 Å². The van der Waals surface area contributed by atoms with E-state index in [-0.39, 0.29) is 18.9 Å². The molecular formula is C37H49N5O2. The fourth-order valence-corrected chi connectivity index (χ4v) is 5.02. The molecule has 0 amide bonds. The smallest absolute Gasteiger partial charge is 0.307 e. The van der Waals surface area contributed by atoms with Crippen molar-refractivity contribution in [3.8, 4) is 12.1 Å². The molecule has 7 nitrogen and oxygen atoms in total. The van der Waals surface area contributed by atoms with Crippen LogP contribution in [0, 0.1) is 36.5 Å². The van der Waals surface area contributed by atoms with Gasteiger partial charge in [0.2, 0.25) is 0 Å². The van der Waals surface area contributed by atoms with Crippen LogP contribution in [0.1, 0.15) is 107 Å². The number of amidine groups is 1. The Labute approximate surface area is 264 Å². The highest BCUT2D eigenvalue weighted by atomic mass is 16.5. The number of ether oxygens (including phenoxy) is 1. The molecule has 0 aliphatic heterocycles. The van der Waals surface area contributed by atoms with Gasteiger partial charge in [-0.2, -0.15) is 10.5 Å². The van der Waals surface area contributed by atoms with E-state index in [2.05, 4.69) is 18.3 Å². The third-order valence-corrected chi connectivity index (χ3v) is 7.44. The maximum Gasteiger partial charge on any atom is 0.307 e. The van der Waals surface area contributed by atoms with Crippen LogP contribution >= 0.6 is 0 Å². The van der Waals surface area contributed by atoms with Gasteiger partial charge in [-0.3, -0.25) is 4.79 Å². The van der Waals surface area contributed by atoms with Crippen molar-refractivity contribution in [2.45, 2.75) is 105 Å². The monoisotopic (exact) mass is 595 g/mol. The van der Waals surface area contributed by atoms with Gasteiger partial charge < -0.3 is 15.0 Å². The first-order valence-electron chi connectivity index (χ1n) is 15.9. The third-order valence-electron chi connectivity index (χ3n) is 7.44. The van der Waals surface area contributed by atoms with Gasteiger partial charge in [-0.05, 0) is 99.4 Å². The molecule has 2 aromatic carbocycles. The Morgan fingerprint density at radius 1 is 1.00 bits per heavy atom. The molecule has 44 heavy (non-hydrogen) atoms. The molecule has 0 spiro atoms. The van der Waals surface area contributed by atoms with Gasteiger partial charge in [0.25, 0.3) is 0 Å². The second kappa shape index (κ2) is 20.5. The molecule has 0 bridgehead atoms. The van der Waals surface area contributed by atoms with Gasteiger partial charge in [0.1, 0.15) is 12.0 Å². The molecule has 0 saturated heterocycles. The largest absolute Gasteiger partial charge is 0.444 e. The number of aryl methyl sites for hydroxylation is 2. The van der Waals surface area contributed by atoms with E-state index >= 15 is 0 Å². The van der Waals surface area contributed by atoms with E-state index in [0.29, 0.717) is 17.8 Å². The zero-order valence-electron chi connectivity index (χ0n) is 27.2. The molecule has 0 saturated carbocycles. The van der Waals surface area contributed by atoms with E-state index < -0.39 is 0 Å². The summed E-state index contributed by atoms with van der Waals surface area (Å²) in [6.45, 7) is 10.2. The highest BCUT2D eigenvalue weighted by Crippen LogP contribution is 2.24. The average Bonchev–Trinajstić information content (AvgIpc) is 3.01. The second-order valence-electron chi connectivity index (χ2n) is 11.1. The summed E-state index contributed by atoms with van der Waals surface area (Å²) in [5.74, 6) is 0.442. The maximum absolute atomic E-state index is 12.7. The number of nitrogens with one attached hydrogen (secondary N) is 1. The Balaban J connectivity index is 2.12. The molecule has 0 aliphatic carbocycles. The number of nitriles is 2. The summed E-state index contributed by atoms with van der Waals surface area (Å²) in [7, 11) is 0. The Morgan fingerprint density at radius 2 is 1.61 bits per heavy atom. The quantitative estimate of drug-likeness (QED) is 0.0460. The van der Waals surface area contributed by atoms with Crippen LogP contribution in [0.2, 0.25) is 0 Å². The van der Waals surface area contributed by atoms with Crippen molar-refractivity contribution in [3.05, 3.63) is 76.9 Å². The van der Waals surface area contributed by atoms with Crippen LogP contribution in [-0.4, -0.2) is 24.7 Å². The number of anilines is 2. The van der Waals surface area contributed by atoms with Gasteiger partial charge in [0, 0.05) is 23.9 Å². The van der Waals surface area contributed by atoms with Gasteiger partial charge in [-0.15, -0.1) is 0 Å². The summed E-state index contributed by atoms with van der Waals surface area (Å²) >= 11 is 0. The van der Waals surface area contributed by atoms with E-state index in [9.17, 15) is 10.1 Å². The number of carbonyl (C=O) groups excluding carboxylic acids is 1. The lowest BCUT2D eigenvalue weighted by Crippen LogP contribution is -2.36. The molecular weight excluding hydrogens is 546 g/mol. The number of carbonyl (C=O) groups is 1. The molecule has 0 radical (unpaired) electrons. The van der Waals surface area contributed by atoms with Crippen molar-refractivity contribution in [3.63, 3.8) is 0 Å². The van der Waals surface area contributed by atoms with Crippen LogP contribution in [0.15, 0.2) is 59.6 Å². The van der Waals surface area contributed by atoms with Gasteiger partial charge in [0.15, 0.2) is 6.73 Å². The minimum atomic E-state index is -0.388. The van der Waals surface area contributed by atoms with Crippen molar-refractivity contribution in [2.24, 2.45) is 4.99 Å². The number of aliphatic imine (C=N–C) groups is 1. The molecule has 0 aromatic heterocycles. The Morgan fingerprint density at radius 3 is 2.18 bits per heavy atom. The second-order valence-corrected chi connectivity index (χ2v) is 11.1.